The highest BCUT2D eigenvalue weighted by Crippen LogP contribution is 2.30. The minimum atomic E-state index is -0.338. The van der Waals surface area contributed by atoms with Crippen LogP contribution in [0.25, 0.3) is 0 Å². The lowest BCUT2D eigenvalue weighted by atomic mass is 9.89. The summed E-state index contributed by atoms with van der Waals surface area (Å²) in [5.41, 5.74) is 4.41. The number of carbonyl (C=O) groups is 2. The van der Waals surface area contributed by atoms with Crippen molar-refractivity contribution in [1.82, 2.24) is 9.47 Å². The van der Waals surface area contributed by atoms with Crippen LogP contribution in [-0.4, -0.2) is 34.4 Å². The van der Waals surface area contributed by atoms with Gasteiger partial charge in [0.05, 0.1) is 0 Å². The zero-order valence-electron chi connectivity index (χ0n) is 21.8. The van der Waals surface area contributed by atoms with Gasteiger partial charge in [-0.2, -0.15) is 0 Å². The van der Waals surface area contributed by atoms with Gasteiger partial charge < -0.3 is 14.8 Å². The predicted molar refractivity (Wildman–Crippen MR) is 150 cm³/mol. The third-order valence-corrected chi connectivity index (χ3v) is 7.25. The number of pyridine rings is 1. The monoisotopic (exact) mass is 523 g/mol. The average molecular weight is 524 g/mol. The van der Waals surface area contributed by atoms with Crippen molar-refractivity contribution < 1.29 is 14.0 Å². The molecule has 1 aromatic heterocycles. The van der Waals surface area contributed by atoms with Crippen LogP contribution in [0.2, 0.25) is 0 Å². The Bertz CT molecular complexity index is 1550. The second-order valence-corrected chi connectivity index (χ2v) is 10.0. The highest BCUT2D eigenvalue weighted by Gasteiger charge is 2.25. The molecule has 1 N–H and O–H groups in total. The van der Waals surface area contributed by atoms with Crippen LogP contribution in [-0.2, 0) is 13.5 Å². The number of amides is 2. The zero-order valence-corrected chi connectivity index (χ0v) is 21.8. The number of halogens is 1. The molecule has 2 amide bonds. The van der Waals surface area contributed by atoms with E-state index in [0.717, 1.165) is 24.0 Å². The fourth-order valence-corrected chi connectivity index (χ4v) is 5.11. The van der Waals surface area contributed by atoms with Crippen LogP contribution in [0.4, 0.5) is 10.1 Å². The predicted octanol–water partition coefficient (Wildman–Crippen LogP) is 5.39. The van der Waals surface area contributed by atoms with E-state index in [1.165, 1.54) is 29.8 Å². The maximum atomic E-state index is 13.5. The molecule has 7 heteroatoms. The summed E-state index contributed by atoms with van der Waals surface area (Å²) in [6.07, 6.45) is 3.85. The maximum Gasteiger partial charge on any atom is 0.272 e. The van der Waals surface area contributed by atoms with E-state index in [1.807, 2.05) is 59.5 Å². The normalized spacial score (nSPS) is 13.7. The molecular weight excluding hydrogens is 493 g/mol. The Labute approximate surface area is 226 Å². The second-order valence-electron chi connectivity index (χ2n) is 10.0. The minimum absolute atomic E-state index is 0.0166. The number of benzene rings is 3. The quantitative estimate of drug-likeness (QED) is 0.369. The Morgan fingerprint density at radius 2 is 1.59 bits per heavy atom. The number of aromatic nitrogens is 1. The van der Waals surface area contributed by atoms with Gasteiger partial charge in [-0.15, -0.1) is 0 Å². The first-order chi connectivity index (χ1) is 18.9. The number of anilines is 1. The molecule has 1 aliphatic rings. The summed E-state index contributed by atoms with van der Waals surface area (Å²) in [7, 11) is 1.72. The Hall–Kier alpha value is -4.52. The van der Waals surface area contributed by atoms with Gasteiger partial charge in [0.2, 0.25) is 0 Å². The number of carbonyl (C=O) groups excluding carboxylic acids is 2. The largest absolute Gasteiger partial charge is 0.346 e. The first-order valence-corrected chi connectivity index (χ1v) is 13.1. The van der Waals surface area contributed by atoms with Gasteiger partial charge in [0, 0.05) is 49.7 Å². The molecule has 0 radical (unpaired) electrons. The molecule has 0 spiro atoms. The molecule has 1 saturated heterocycles. The van der Waals surface area contributed by atoms with E-state index >= 15 is 0 Å². The van der Waals surface area contributed by atoms with Crippen molar-refractivity contribution in [3.8, 4) is 0 Å². The first-order valence-electron chi connectivity index (χ1n) is 13.1. The molecule has 0 saturated carbocycles. The number of hydrogen-bond acceptors (Lipinski definition) is 3. The summed E-state index contributed by atoms with van der Waals surface area (Å²) >= 11 is 0. The lowest BCUT2D eigenvalue weighted by Crippen LogP contribution is -2.37. The van der Waals surface area contributed by atoms with Crippen molar-refractivity contribution in [2.75, 3.05) is 18.4 Å². The molecule has 4 aromatic rings. The zero-order chi connectivity index (χ0) is 27.4. The number of nitrogens with zero attached hydrogens (tertiary/aromatic N) is 2. The van der Waals surface area contributed by atoms with Gasteiger partial charge in [-0.1, -0.05) is 36.4 Å². The topological polar surface area (TPSA) is 71.4 Å². The molecule has 5 rings (SSSR count). The molecule has 1 fully saturated rings. The summed E-state index contributed by atoms with van der Waals surface area (Å²) in [6.45, 7) is 1.33. The van der Waals surface area contributed by atoms with Crippen LogP contribution in [0.3, 0.4) is 0 Å². The molecule has 3 aromatic carbocycles. The highest BCUT2D eigenvalue weighted by molar-refractivity contribution is 6.03. The molecule has 0 bridgehead atoms. The van der Waals surface area contributed by atoms with Crippen LogP contribution in [0, 0.1) is 5.82 Å². The smallest absolute Gasteiger partial charge is 0.272 e. The average Bonchev–Trinajstić information content (AvgIpc) is 2.94. The molecule has 6 nitrogen and oxygen atoms in total. The second kappa shape index (κ2) is 11.5. The van der Waals surface area contributed by atoms with E-state index < -0.39 is 0 Å². The van der Waals surface area contributed by atoms with Gasteiger partial charge in [-0.3, -0.25) is 14.4 Å². The molecular formula is C32H30FN3O3. The fraction of sp³-hybridized carbons (Fsp3) is 0.219. The molecule has 0 atom stereocenters. The summed E-state index contributed by atoms with van der Waals surface area (Å²) in [6, 6.07) is 24.6. The van der Waals surface area contributed by atoms with Crippen LogP contribution < -0.4 is 10.7 Å². The van der Waals surface area contributed by atoms with Crippen molar-refractivity contribution in [2.24, 2.45) is 7.05 Å². The van der Waals surface area contributed by atoms with E-state index in [0.29, 0.717) is 42.4 Å². The van der Waals surface area contributed by atoms with E-state index in [1.54, 1.807) is 23.9 Å². The molecule has 2 heterocycles. The van der Waals surface area contributed by atoms with E-state index in [2.05, 4.69) is 5.32 Å². The van der Waals surface area contributed by atoms with Crippen LogP contribution >= 0.6 is 0 Å². The summed E-state index contributed by atoms with van der Waals surface area (Å²) in [5.74, 6) is -0.256. The van der Waals surface area contributed by atoms with Gasteiger partial charge in [0.1, 0.15) is 11.5 Å². The third-order valence-electron chi connectivity index (χ3n) is 7.25. The van der Waals surface area contributed by atoms with Gasteiger partial charge in [-0.05, 0) is 78.3 Å². The molecule has 0 aliphatic carbocycles. The Kier molecular flexibility index (Phi) is 7.68. The third kappa shape index (κ3) is 6.32. The molecule has 39 heavy (non-hydrogen) atoms. The van der Waals surface area contributed by atoms with E-state index in [9.17, 15) is 18.8 Å². The lowest BCUT2D eigenvalue weighted by Gasteiger charge is -2.32. The first kappa shape index (κ1) is 26.1. The van der Waals surface area contributed by atoms with Crippen LogP contribution in [0.15, 0.2) is 95.9 Å². The maximum absolute atomic E-state index is 13.5. The van der Waals surface area contributed by atoms with Gasteiger partial charge in [-0.25, -0.2) is 4.39 Å². The number of likely N-dealkylation sites (tertiary alicyclic amines) is 1. The lowest BCUT2D eigenvalue weighted by molar-refractivity contribution is 0.0712. The Morgan fingerprint density at radius 3 is 2.31 bits per heavy atom. The number of piperidine rings is 1. The Balaban J connectivity index is 1.17. The van der Waals surface area contributed by atoms with Crippen LogP contribution in [0.5, 0.6) is 0 Å². The van der Waals surface area contributed by atoms with Gasteiger partial charge >= 0.3 is 0 Å². The number of hydrogen-bond donors (Lipinski definition) is 1. The molecule has 198 valence electrons. The highest BCUT2D eigenvalue weighted by atomic mass is 19.1. The molecule has 1 aliphatic heterocycles. The Morgan fingerprint density at radius 1 is 0.897 bits per heavy atom. The minimum Gasteiger partial charge on any atom is -0.346 e. The van der Waals surface area contributed by atoms with Gasteiger partial charge in [0.15, 0.2) is 5.43 Å². The standard InChI is InChI=1S/C32H30FN3O3/c1-35-15-14-29(37)21-30(35)31(38)34-28-10-8-24(9-11-28)25-12-16-36(17-13-25)32(39)26-6-2-4-22(19-26)18-23-5-3-7-27(33)20-23/h2-11,14-15,19-21,25H,12-13,16-18H2,1H3,(H,34,38). The SMILES string of the molecule is Cn1ccc(=O)cc1C(=O)Nc1ccc(C2CCN(C(=O)c3cccc(Cc4cccc(F)c4)c3)CC2)cc1. The van der Waals surface area contributed by atoms with Crippen molar-refractivity contribution >= 4 is 17.5 Å². The van der Waals surface area contributed by atoms with Crippen molar-refractivity contribution in [3.63, 3.8) is 0 Å². The summed E-state index contributed by atoms with van der Waals surface area (Å²) in [4.78, 5) is 39.3. The van der Waals surface area contributed by atoms with Crippen molar-refractivity contribution in [2.45, 2.75) is 25.2 Å². The summed E-state index contributed by atoms with van der Waals surface area (Å²) in [5, 5.41) is 2.85. The molecule has 0 unspecified atom stereocenters. The van der Waals surface area contributed by atoms with Crippen molar-refractivity contribution in [1.29, 1.82) is 0 Å². The van der Waals surface area contributed by atoms with Crippen molar-refractivity contribution in [3.05, 3.63) is 135 Å². The summed E-state index contributed by atoms with van der Waals surface area (Å²) < 4.78 is 15.2. The van der Waals surface area contributed by atoms with E-state index in [4.69, 9.17) is 0 Å². The van der Waals surface area contributed by atoms with Gasteiger partial charge in [0.25, 0.3) is 11.8 Å². The number of rotatable bonds is 6. The number of aryl methyl sites for hydroxylation is 1. The fourth-order valence-electron chi connectivity index (χ4n) is 5.11. The number of nitrogens with one attached hydrogen (secondary N) is 1. The van der Waals surface area contributed by atoms with E-state index in [-0.39, 0.29) is 23.1 Å². The van der Waals surface area contributed by atoms with Crippen LogP contribution in [0.1, 0.15) is 56.3 Å².